The van der Waals surface area contributed by atoms with Crippen LogP contribution in [0, 0.1) is 0 Å². The Kier molecular flexibility index (Phi) is 0.755. The molecule has 2 nitrogen and oxygen atoms in total. The zero-order valence-electron chi connectivity index (χ0n) is 6.27. The van der Waals surface area contributed by atoms with Crippen molar-refractivity contribution in [1.82, 2.24) is 0 Å². The highest BCUT2D eigenvalue weighted by molar-refractivity contribution is 5.76. The summed E-state index contributed by atoms with van der Waals surface area (Å²) >= 11 is 0. The molecular formula is C5H9NO. The number of ether oxygens (including phenoxy) is 1. The molecule has 0 saturated heterocycles. The van der Waals surface area contributed by atoms with Gasteiger partial charge in [-0.15, -0.1) is 0 Å². The summed E-state index contributed by atoms with van der Waals surface area (Å²) in [6, 6.07) is 0. The van der Waals surface area contributed by atoms with Crippen LogP contribution in [0.3, 0.4) is 0 Å². The van der Waals surface area contributed by atoms with Crippen LogP contribution in [-0.2, 0) is 4.74 Å². The van der Waals surface area contributed by atoms with Gasteiger partial charge in [-0.25, -0.2) is 0 Å². The topological polar surface area (TPSA) is 21.6 Å². The van der Waals surface area contributed by atoms with Gasteiger partial charge in [0.1, 0.15) is 6.61 Å². The third-order valence-electron chi connectivity index (χ3n) is 0.799. The van der Waals surface area contributed by atoms with Crippen LogP contribution in [0.2, 0.25) is 0 Å². The van der Waals surface area contributed by atoms with E-state index in [2.05, 4.69) is 4.99 Å². The van der Waals surface area contributed by atoms with Crippen LogP contribution in [0.25, 0.3) is 0 Å². The molecule has 1 rings (SSSR count). The second-order valence-electron chi connectivity index (χ2n) is 1.29. The SMILES string of the molecule is [2H]C([2H])(C)C1=NCCO1. The number of hydrogen-bond acceptors (Lipinski definition) is 2. The first kappa shape index (κ1) is 2.70. The molecule has 0 spiro atoms. The maximum absolute atomic E-state index is 7.14. The Hall–Kier alpha value is -0.530. The summed E-state index contributed by atoms with van der Waals surface area (Å²) in [6.07, 6.45) is -1.39. The van der Waals surface area contributed by atoms with E-state index in [1.807, 2.05) is 0 Å². The fourth-order valence-corrected chi connectivity index (χ4v) is 0.486. The Morgan fingerprint density at radius 3 is 3.29 bits per heavy atom. The van der Waals surface area contributed by atoms with Gasteiger partial charge in [0, 0.05) is 9.11 Å². The summed E-state index contributed by atoms with van der Waals surface area (Å²) < 4.78 is 19.2. The van der Waals surface area contributed by atoms with Crippen molar-refractivity contribution >= 4 is 5.90 Å². The van der Waals surface area contributed by atoms with Crippen LogP contribution in [0.1, 0.15) is 16.0 Å². The van der Waals surface area contributed by atoms with E-state index in [4.69, 9.17) is 7.48 Å². The molecule has 0 aliphatic carbocycles. The van der Waals surface area contributed by atoms with Gasteiger partial charge < -0.3 is 4.74 Å². The van der Waals surface area contributed by atoms with Gasteiger partial charge in [0.2, 0.25) is 0 Å². The molecule has 1 heterocycles. The normalized spacial score (nSPS) is 25.0. The Morgan fingerprint density at radius 2 is 3.00 bits per heavy atom. The molecule has 0 amide bonds. The second-order valence-corrected chi connectivity index (χ2v) is 1.29. The maximum atomic E-state index is 7.14. The van der Waals surface area contributed by atoms with E-state index in [0.717, 1.165) is 0 Å². The molecule has 0 aromatic carbocycles. The average molecular weight is 101 g/mol. The molecular weight excluding hydrogens is 90.1 g/mol. The predicted molar refractivity (Wildman–Crippen MR) is 28.5 cm³/mol. The predicted octanol–water partition coefficient (Wildman–Crippen LogP) is 0.825. The third kappa shape index (κ3) is 0.918. The molecule has 0 radical (unpaired) electrons. The molecule has 0 bridgehead atoms. The van der Waals surface area contributed by atoms with E-state index in [1.54, 1.807) is 0 Å². The summed E-state index contributed by atoms with van der Waals surface area (Å²) in [5, 5.41) is 0. The standard InChI is InChI=1S/C5H9NO/c1-2-5-6-3-4-7-5/h2-4H2,1H3/i2D2. The van der Waals surface area contributed by atoms with Crippen LogP contribution >= 0.6 is 0 Å². The lowest BCUT2D eigenvalue weighted by molar-refractivity contribution is 0.340. The van der Waals surface area contributed by atoms with Gasteiger partial charge >= 0.3 is 0 Å². The summed E-state index contributed by atoms with van der Waals surface area (Å²) in [7, 11) is 0. The molecule has 0 N–H and O–H groups in total. The second kappa shape index (κ2) is 1.96. The van der Waals surface area contributed by atoms with Crippen molar-refractivity contribution in [3.8, 4) is 0 Å². The molecule has 7 heavy (non-hydrogen) atoms. The van der Waals surface area contributed by atoms with E-state index in [-0.39, 0.29) is 5.90 Å². The van der Waals surface area contributed by atoms with Gasteiger partial charge in [0.15, 0.2) is 5.90 Å². The number of nitrogens with zero attached hydrogens (tertiary/aromatic N) is 1. The van der Waals surface area contributed by atoms with Gasteiger partial charge in [-0.1, -0.05) is 6.92 Å². The zero-order chi connectivity index (χ0) is 6.91. The first-order chi connectivity index (χ1) is 4.11. The molecule has 1 aliphatic rings. The van der Waals surface area contributed by atoms with Crippen molar-refractivity contribution < 1.29 is 7.48 Å². The highest BCUT2D eigenvalue weighted by Crippen LogP contribution is 1.95. The van der Waals surface area contributed by atoms with Crippen molar-refractivity contribution in [1.29, 1.82) is 0 Å². The number of rotatable bonds is 1. The minimum atomic E-state index is -1.39. The number of hydrogen-bond donors (Lipinski definition) is 0. The van der Waals surface area contributed by atoms with Gasteiger partial charge in [0.25, 0.3) is 0 Å². The van der Waals surface area contributed by atoms with Crippen LogP contribution in [0.5, 0.6) is 0 Å². The molecule has 0 atom stereocenters. The number of aliphatic imine (C=N–C) groups is 1. The van der Waals surface area contributed by atoms with Crippen LogP contribution in [0.4, 0.5) is 0 Å². The lowest BCUT2D eigenvalue weighted by atomic mass is 10.5. The smallest absolute Gasteiger partial charge is 0.183 e. The molecule has 0 fully saturated rings. The minimum absolute atomic E-state index is 0.238. The molecule has 2 heteroatoms. The van der Waals surface area contributed by atoms with Gasteiger partial charge in [0.05, 0.1) is 6.54 Å². The van der Waals surface area contributed by atoms with Crippen LogP contribution in [0.15, 0.2) is 4.99 Å². The first-order valence-electron chi connectivity index (χ1n) is 3.28. The fourth-order valence-electron chi connectivity index (χ4n) is 0.486. The van der Waals surface area contributed by atoms with E-state index in [1.165, 1.54) is 6.92 Å². The van der Waals surface area contributed by atoms with Crippen molar-refractivity contribution in [2.24, 2.45) is 4.99 Å². The van der Waals surface area contributed by atoms with Gasteiger partial charge in [-0.05, 0) is 0 Å². The van der Waals surface area contributed by atoms with E-state index in [9.17, 15) is 0 Å². The summed E-state index contributed by atoms with van der Waals surface area (Å²) in [5.74, 6) is 0.238. The maximum Gasteiger partial charge on any atom is 0.183 e. The van der Waals surface area contributed by atoms with Crippen molar-refractivity contribution in [3.05, 3.63) is 0 Å². The van der Waals surface area contributed by atoms with Crippen LogP contribution < -0.4 is 0 Å². The highest BCUT2D eigenvalue weighted by Gasteiger charge is 2.01. The lowest BCUT2D eigenvalue weighted by Gasteiger charge is -1.91. The van der Waals surface area contributed by atoms with E-state index < -0.39 is 6.37 Å². The largest absolute Gasteiger partial charge is 0.479 e. The lowest BCUT2D eigenvalue weighted by Crippen LogP contribution is -1.94. The third-order valence-corrected chi connectivity index (χ3v) is 0.799. The van der Waals surface area contributed by atoms with Crippen molar-refractivity contribution in [3.63, 3.8) is 0 Å². The minimum Gasteiger partial charge on any atom is -0.479 e. The Labute approximate surface area is 46.0 Å². The zero-order valence-corrected chi connectivity index (χ0v) is 4.27. The van der Waals surface area contributed by atoms with Gasteiger partial charge in [-0.3, -0.25) is 4.99 Å². The Balaban J connectivity index is 2.61. The average Bonchev–Trinajstić information content (AvgIpc) is 2.08. The van der Waals surface area contributed by atoms with Gasteiger partial charge in [-0.2, -0.15) is 0 Å². The first-order valence-corrected chi connectivity index (χ1v) is 2.28. The van der Waals surface area contributed by atoms with Crippen LogP contribution in [-0.4, -0.2) is 19.0 Å². The summed E-state index contributed by atoms with van der Waals surface area (Å²) in [4.78, 5) is 3.83. The molecule has 0 aromatic heterocycles. The quantitative estimate of drug-likeness (QED) is 0.479. The Bertz CT molecular complexity index is 138. The monoisotopic (exact) mass is 101 g/mol. The molecule has 40 valence electrons. The fraction of sp³-hybridized carbons (Fsp3) is 0.800. The Morgan fingerprint density at radius 1 is 2.14 bits per heavy atom. The molecule has 0 saturated carbocycles. The van der Waals surface area contributed by atoms with Crippen molar-refractivity contribution in [2.75, 3.05) is 13.2 Å². The van der Waals surface area contributed by atoms with E-state index >= 15 is 0 Å². The molecule has 0 unspecified atom stereocenters. The summed E-state index contributed by atoms with van der Waals surface area (Å²) in [5.41, 5.74) is 0. The molecule has 0 aromatic rings. The highest BCUT2D eigenvalue weighted by atomic mass is 16.5. The van der Waals surface area contributed by atoms with Crippen molar-refractivity contribution in [2.45, 2.75) is 13.3 Å². The summed E-state index contributed by atoms with van der Waals surface area (Å²) in [6.45, 7) is 2.57. The van der Waals surface area contributed by atoms with E-state index in [0.29, 0.717) is 13.2 Å². The molecule has 1 aliphatic heterocycles.